The Morgan fingerprint density at radius 1 is 1.13 bits per heavy atom. The van der Waals surface area contributed by atoms with E-state index in [1.54, 1.807) is 6.07 Å². The predicted molar refractivity (Wildman–Crippen MR) is 82.2 cm³/mol. The number of hydrogen-bond acceptors (Lipinski definition) is 6. The van der Waals surface area contributed by atoms with Gasteiger partial charge in [0.15, 0.2) is 5.82 Å². The van der Waals surface area contributed by atoms with Crippen LogP contribution in [0.4, 0.5) is 4.79 Å². The monoisotopic (exact) mass is 317 g/mol. The molecule has 1 amide bonds. The Morgan fingerprint density at radius 3 is 2.52 bits per heavy atom. The van der Waals surface area contributed by atoms with Gasteiger partial charge in [0.05, 0.1) is 6.10 Å². The number of benzene rings is 1. The summed E-state index contributed by atoms with van der Waals surface area (Å²) in [6.07, 6.45) is 0.270. The van der Waals surface area contributed by atoms with Crippen molar-refractivity contribution in [3.05, 3.63) is 60.2 Å². The number of nitrogens with one attached hydrogen (secondary N) is 1. The quantitative estimate of drug-likeness (QED) is 0.708. The van der Waals surface area contributed by atoms with Gasteiger partial charge in [-0.05, 0) is 18.1 Å². The van der Waals surface area contributed by atoms with E-state index in [0.717, 1.165) is 5.56 Å². The fourth-order valence-electron chi connectivity index (χ4n) is 1.89. The van der Waals surface area contributed by atoms with Crippen LogP contribution >= 0.6 is 0 Å². The van der Waals surface area contributed by atoms with Gasteiger partial charge in [0.1, 0.15) is 12.7 Å². The first-order valence-electron chi connectivity index (χ1n) is 7.24. The lowest BCUT2D eigenvalue weighted by Gasteiger charge is -2.16. The van der Waals surface area contributed by atoms with Crippen molar-refractivity contribution in [2.75, 3.05) is 6.54 Å². The highest BCUT2D eigenvalue weighted by atomic mass is 16.5. The lowest BCUT2D eigenvalue weighted by Crippen LogP contribution is -2.30. The number of rotatable bonds is 7. The van der Waals surface area contributed by atoms with Crippen LogP contribution in [0.3, 0.4) is 0 Å². The number of alkyl carbamates (subject to hydrolysis) is 1. The van der Waals surface area contributed by atoms with Gasteiger partial charge in [-0.1, -0.05) is 30.3 Å². The summed E-state index contributed by atoms with van der Waals surface area (Å²) in [5, 5.41) is 22.3. The molecule has 7 heteroatoms. The molecule has 1 aromatic heterocycles. The highest BCUT2D eigenvalue weighted by Crippen LogP contribution is 2.13. The summed E-state index contributed by atoms with van der Waals surface area (Å²) < 4.78 is 5.04. The van der Waals surface area contributed by atoms with Crippen molar-refractivity contribution < 1.29 is 19.7 Å². The lowest BCUT2D eigenvalue weighted by molar-refractivity contribution is 0.00842. The van der Waals surface area contributed by atoms with E-state index in [-0.39, 0.29) is 25.4 Å². The third-order valence-electron chi connectivity index (χ3n) is 3.14. The minimum atomic E-state index is -1.20. The second-order valence-electron chi connectivity index (χ2n) is 4.90. The molecule has 0 spiro atoms. The molecule has 122 valence electrons. The summed E-state index contributed by atoms with van der Waals surface area (Å²) >= 11 is 0. The van der Waals surface area contributed by atoms with Gasteiger partial charge in [-0.25, -0.2) is 14.8 Å². The second kappa shape index (κ2) is 8.82. The summed E-state index contributed by atoms with van der Waals surface area (Å²) in [4.78, 5) is 19.3. The van der Waals surface area contributed by atoms with E-state index in [0.29, 0.717) is 0 Å². The smallest absolute Gasteiger partial charge is 0.407 e. The van der Waals surface area contributed by atoms with Gasteiger partial charge in [0.2, 0.25) is 0 Å². The largest absolute Gasteiger partial charge is 0.445 e. The number of aromatic nitrogens is 2. The third kappa shape index (κ3) is 5.65. The van der Waals surface area contributed by atoms with E-state index in [4.69, 9.17) is 4.74 Å². The van der Waals surface area contributed by atoms with Gasteiger partial charge in [-0.15, -0.1) is 0 Å². The summed E-state index contributed by atoms with van der Waals surface area (Å²) in [6, 6.07) is 10.9. The SMILES string of the molecule is O=C(NCCC(O)C(O)c1ncccn1)OCc1ccccc1. The van der Waals surface area contributed by atoms with E-state index in [9.17, 15) is 15.0 Å². The van der Waals surface area contributed by atoms with Crippen molar-refractivity contribution in [1.29, 1.82) is 0 Å². The molecule has 7 nitrogen and oxygen atoms in total. The number of ether oxygens (including phenoxy) is 1. The Labute approximate surface area is 134 Å². The molecule has 1 heterocycles. The number of hydrogen-bond donors (Lipinski definition) is 3. The molecule has 2 unspecified atom stereocenters. The van der Waals surface area contributed by atoms with E-state index in [1.807, 2.05) is 30.3 Å². The molecule has 1 aromatic carbocycles. The molecule has 3 N–H and O–H groups in total. The molecule has 0 fully saturated rings. The molecule has 23 heavy (non-hydrogen) atoms. The molecular formula is C16H19N3O4. The van der Waals surface area contributed by atoms with Crippen LogP contribution in [0, 0.1) is 0 Å². The van der Waals surface area contributed by atoms with Gasteiger partial charge in [-0.3, -0.25) is 0 Å². The van der Waals surface area contributed by atoms with E-state index in [2.05, 4.69) is 15.3 Å². The number of carbonyl (C=O) groups excluding carboxylic acids is 1. The normalized spacial score (nSPS) is 13.1. The van der Waals surface area contributed by atoms with Crippen molar-refractivity contribution >= 4 is 6.09 Å². The maximum absolute atomic E-state index is 11.5. The van der Waals surface area contributed by atoms with Crippen LogP contribution < -0.4 is 5.32 Å². The van der Waals surface area contributed by atoms with Crippen LogP contribution in [0.5, 0.6) is 0 Å². The second-order valence-corrected chi connectivity index (χ2v) is 4.90. The molecule has 2 aromatic rings. The van der Waals surface area contributed by atoms with Crippen molar-refractivity contribution in [1.82, 2.24) is 15.3 Å². The maximum Gasteiger partial charge on any atom is 0.407 e. The van der Waals surface area contributed by atoms with Crippen LogP contribution in [0.1, 0.15) is 23.9 Å². The first-order valence-corrected chi connectivity index (χ1v) is 7.24. The minimum Gasteiger partial charge on any atom is -0.445 e. The minimum absolute atomic E-state index is 0.145. The Kier molecular flexibility index (Phi) is 6.46. The molecule has 0 saturated heterocycles. The fraction of sp³-hybridized carbons (Fsp3) is 0.312. The lowest BCUT2D eigenvalue weighted by atomic mass is 10.1. The van der Waals surface area contributed by atoms with E-state index >= 15 is 0 Å². The zero-order valence-corrected chi connectivity index (χ0v) is 12.5. The van der Waals surface area contributed by atoms with Crippen LogP contribution in [0.25, 0.3) is 0 Å². The molecule has 0 bridgehead atoms. The van der Waals surface area contributed by atoms with Crippen molar-refractivity contribution in [2.45, 2.75) is 25.2 Å². The Hall–Kier alpha value is -2.51. The van der Waals surface area contributed by atoms with Crippen LogP contribution in [-0.2, 0) is 11.3 Å². The van der Waals surface area contributed by atoms with Crippen LogP contribution in [0.2, 0.25) is 0 Å². The average Bonchev–Trinajstić information content (AvgIpc) is 2.61. The molecule has 2 atom stereocenters. The van der Waals surface area contributed by atoms with E-state index < -0.39 is 18.3 Å². The summed E-state index contributed by atoms with van der Waals surface area (Å²) in [5.41, 5.74) is 0.888. The molecule has 0 radical (unpaired) electrons. The number of aliphatic hydroxyl groups excluding tert-OH is 2. The summed E-state index contributed by atoms with van der Waals surface area (Å²) in [5.74, 6) is 0.145. The Bertz CT molecular complexity index is 595. The highest BCUT2D eigenvalue weighted by molar-refractivity contribution is 5.67. The molecule has 2 rings (SSSR count). The molecule has 0 aliphatic rings. The predicted octanol–water partition coefficient (Wildman–Crippen LogP) is 1.19. The van der Waals surface area contributed by atoms with Gasteiger partial charge in [0, 0.05) is 18.9 Å². The zero-order valence-electron chi connectivity index (χ0n) is 12.5. The van der Waals surface area contributed by atoms with Gasteiger partial charge in [0.25, 0.3) is 0 Å². The fourth-order valence-corrected chi connectivity index (χ4v) is 1.89. The van der Waals surface area contributed by atoms with Crippen molar-refractivity contribution in [2.24, 2.45) is 0 Å². The average molecular weight is 317 g/mol. The van der Waals surface area contributed by atoms with Crippen LogP contribution in [-0.4, -0.2) is 38.9 Å². The van der Waals surface area contributed by atoms with Crippen LogP contribution in [0.15, 0.2) is 48.8 Å². The van der Waals surface area contributed by atoms with Gasteiger partial charge < -0.3 is 20.3 Å². The zero-order chi connectivity index (χ0) is 16.5. The molecule has 0 aliphatic carbocycles. The summed E-state index contributed by atoms with van der Waals surface area (Å²) in [7, 11) is 0. The first kappa shape index (κ1) is 16.9. The topological polar surface area (TPSA) is 105 Å². The molecule has 0 saturated carbocycles. The number of nitrogens with zero attached hydrogens (tertiary/aromatic N) is 2. The molecular weight excluding hydrogens is 298 g/mol. The van der Waals surface area contributed by atoms with Crippen molar-refractivity contribution in [3.8, 4) is 0 Å². The Balaban J connectivity index is 1.67. The number of aliphatic hydroxyl groups is 2. The standard InChI is InChI=1S/C16H19N3O4/c20-13(14(21)15-17-8-4-9-18-15)7-10-19-16(22)23-11-12-5-2-1-3-6-12/h1-6,8-9,13-14,20-21H,7,10-11H2,(H,19,22). The maximum atomic E-state index is 11.5. The Morgan fingerprint density at radius 2 is 1.83 bits per heavy atom. The van der Waals surface area contributed by atoms with Gasteiger partial charge >= 0.3 is 6.09 Å². The molecule has 0 aliphatic heterocycles. The van der Waals surface area contributed by atoms with Crippen molar-refractivity contribution in [3.63, 3.8) is 0 Å². The summed E-state index contributed by atoms with van der Waals surface area (Å²) in [6.45, 7) is 0.342. The number of amides is 1. The highest BCUT2D eigenvalue weighted by Gasteiger charge is 2.20. The first-order chi connectivity index (χ1) is 11.2. The van der Waals surface area contributed by atoms with E-state index in [1.165, 1.54) is 12.4 Å². The van der Waals surface area contributed by atoms with Gasteiger partial charge in [-0.2, -0.15) is 0 Å². The third-order valence-corrected chi connectivity index (χ3v) is 3.14. The number of carbonyl (C=O) groups is 1.